The van der Waals surface area contributed by atoms with Crippen LogP contribution in [0, 0.1) is 5.92 Å². The summed E-state index contributed by atoms with van der Waals surface area (Å²) in [5, 5.41) is 2.90. The minimum Gasteiger partial charge on any atom is -0.497 e. The van der Waals surface area contributed by atoms with Crippen LogP contribution < -0.4 is 10.1 Å². The van der Waals surface area contributed by atoms with Gasteiger partial charge in [-0.15, -0.1) is 0 Å². The van der Waals surface area contributed by atoms with Crippen LogP contribution in [0.4, 0.5) is 0 Å². The van der Waals surface area contributed by atoms with E-state index in [1.807, 2.05) is 36.4 Å². The first-order valence-corrected chi connectivity index (χ1v) is 8.23. The van der Waals surface area contributed by atoms with Gasteiger partial charge in [0.1, 0.15) is 5.75 Å². The Bertz CT molecular complexity index is 731. The summed E-state index contributed by atoms with van der Waals surface area (Å²) in [7, 11) is 1.62. The number of likely N-dealkylation sites (tertiary alicyclic amines) is 1. The van der Waals surface area contributed by atoms with E-state index in [1.165, 1.54) is 0 Å². The van der Waals surface area contributed by atoms with Crippen LogP contribution in [0.5, 0.6) is 5.75 Å². The molecule has 0 radical (unpaired) electrons. The highest BCUT2D eigenvalue weighted by atomic mass is 16.5. The summed E-state index contributed by atoms with van der Waals surface area (Å²) < 4.78 is 5.13. The SMILES string of the molecule is COc1ccc(CN2CC(C(=O)NCc3ccncc3)CC2=O)cc1. The lowest BCUT2D eigenvalue weighted by Crippen LogP contribution is -2.32. The van der Waals surface area contributed by atoms with Gasteiger partial charge in [0.05, 0.1) is 13.0 Å². The van der Waals surface area contributed by atoms with E-state index in [-0.39, 0.29) is 24.2 Å². The Morgan fingerprint density at radius 3 is 2.60 bits per heavy atom. The fourth-order valence-electron chi connectivity index (χ4n) is 2.89. The number of nitrogens with zero attached hydrogens (tertiary/aromatic N) is 2. The number of pyridine rings is 1. The van der Waals surface area contributed by atoms with Gasteiger partial charge in [0.15, 0.2) is 0 Å². The van der Waals surface area contributed by atoms with Crippen LogP contribution in [0.3, 0.4) is 0 Å². The molecule has 6 nitrogen and oxygen atoms in total. The smallest absolute Gasteiger partial charge is 0.225 e. The largest absolute Gasteiger partial charge is 0.497 e. The number of hydrogen-bond donors (Lipinski definition) is 1. The first-order valence-electron chi connectivity index (χ1n) is 8.23. The number of ether oxygens (including phenoxy) is 1. The van der Waals surface area contributed by atoms with Crippen molar-refractivity contribution in [2.75, 3.05) is 13.7 Å². The van der Waals surface area contributed by atoms with Crippen molar-refractivity contribution in [3.05, 3.63) is 59.9 Å². The Balaban J connectivity index is 1.53. The van der Waals surface area contributed by atoms with Gasteiger partial charge in [-0.25, -0.2) is 0 Å². The van der Waals surface area contributed by atoms with Crippen LogP contribution in [-0.4, -0.2) is 35.4 Å². The number of methoxy groups -OCH3 is 1. The molecule has 1 aliphatic rings. The summed E-state index contributed by atoms with van der Waals surface area (Å²) in [6.45, 7) is 1.41. The van der Waals surface area contributed by atoms with Crippen LogP contribution in [0.2, 0.25) is 0 Å². The van der Waals surface area contributed by atoms with Gasteiger partial charge in [0.2, 0.25) is 11.8 Å². The lowest BCUT2D eigenvalue weighted by atomic mass is 10.1. The second kappa shape index (κ2) is 7.79. The topological polar surface area (TPSA) is 71.5 Å². The summed E-state index contributed by atoms with van der Waals surface area (Å²) >= 11 is 0. The standard InChI is InChI=1S/C19H21N3O3/c1-25-17-4-2-15(3-5-17)12-22-13-16(10-18(22)23)19(24)21-11-14-6-8-20-9-7-14/h2-9,16H,10-13H2,1H3,(H,21,24). The molecule has 1 fully saturated rings. The average Bonchev–Trinajstić information content (AvgIpc) is 3.02. The quantitative estimate of drug-likeness (QED) is 0.870. The first kappa shape index (κ1) is 17.0. The molecule has 0 spiro atoms. The zero-order valence-corrected chi connectivity index (χ0v) is 14.1. The Kier molecular flexibility index (Phi) is 5.28. The van der Waals surface area contributed by atoms with Gasteiger partial charge < -0.3 is 15.0 Å². The molecule has 2 amide bonds. The lowest BCUT2D eigenvalue weighted by Gasteiger charge is -2.17. The summed E-state index contributed by atoms with van der Waals surface area (Å²) in [5.74, 6) is 0.416. The number of carbonyl (C=O) groups excluding carboxylic acids is 2. The predicted molar refractivity (Wildman–Crippen MR) is 92.6 cm³/mol. The zero-order chi connectivity index (χ0) is 17.6. The van der Waals surface area contributed by atoms with Gasteiger partial charge in [0.25, 0.3) is 0 Å². The molecule has 0 bridgehead atoms. The number of nitrogens with one attached hydrogen (secondary N) is 1. The molecular formula is C19H21N3O3. The molecule has 2 heterocycles. The zero-order valence-electron chi connectivity index (χ0n) is 14.1. The van der Waals surface area contributed by atoms with Crippen molar-refractivity contribution in [2.24, 2.45) is 5.92 Å². The van der Waals surface area contributed by atoms with Crippen molar-refractivity contribution in [1.29, 1.82) is 0 Å². The van der Waals surface area contributed by atoms with Crippen molar-refractivity contribution in [2.45, 2.75) is 19.5 Å². The van der Waals surface area contributed by atoms with Gasteiger partial charge in [-0.1, -0.05) is 12.1 Å². The third-order valence-corrected chi connectivity index (χ3v) is 4.33. The van der Waals surface area contributed by atoms with Crippen molar-refractivity contribution < 1.29 is 14.3 Å². The van der Waals surface area contributed by atoms with Gasteiger partial charge >= 0.3 is 0 Å². The van der Waals surface area contributed by atoms with E-state index in [0.717, 1.165) is 16.9 Å². The maximum atomic E-state index is 12.3. The van der Waals surface area contributed by atoms with E-state index in [2.05, 4.69) is 10.3 Å². The van der Waals surface area contributed by atoms with Gasteiger partial charge in [-0.2, -0.15) is 0 Å². The summed E-state index contributed by atoms with van der Waals surface area (Å²) in [4.78, 5) is 30.2. The highest BCUT2D eigenvalue weighted by Gasteiger charge is 2.34. The number of benzene rings is 1. The maximum absolute atomic E-state index is 12.3. The first-order chi connectivity index (χ1) is 12.2. The average molecular weight is 339 g/mol. The molecule has 1 unspecified atom stereocenters. The highest BCUT2D eigenvalue weighted by molar-refractivity contribution is 5.89. The van der Waals surface area contributed by atoms with Gasteiger partial charge in [-0.3, -0.25) is 14.6 Å². The number of carbonyl (C=O) groups is 2. The van der Waals surface area contributed by atoms with Crippen LogP contribution in [0.1, 0.15) is 17.5 Å². The molecule has 1 saturated heterocycles. The predicted octanol–water partition coefficient (Wildman–Crippen LogP) is 1.76. The lowest BCUT2D eigenvalue weighted by molar-refractivity contribution is -0.129. The molecule has 25 heavy (non-hydrogen) atoms. The van der Waals surface area contributed by atoms with E-state index in [0.29, 0.717) is 19.6 Å². The summed E-state index contributed by atoms with van der Waals surface area (Å²) in [6, 6.07) is 11.3. The third-order valence-electron chi connectivity index (χ3n) is 4.33. The van der Waals surface area contributed by atoms with E-state index < -0.39 is 0 Å². The molecule has 1 atom stereocenters. The molecule has 130 valence electrons. The van der Waals surface area contributed by atoms with Crippen LogP contribution in [0.25, 0.3) is 0 Å². The molecule has 2 aromatic rings. The Labute approximate surface area is 146 Å². The molecule has 1 aliphatic heterocycles. The second-order valence-electron chi connectivity index (χ2n) is 6.10. The Morgan fingerprint density at radius 2 is 1.92 bits per heavy atom. The molecule has 1 N–H and O–H groups in total. The minimum atomic E-state index is -0.299. The van der Waals surface area contributed by atoms with E-state index >= 15 is 0 Å². The summed E-state index contributed by atoms with van der Waals surface area (Å²) in [5.41, 5.74) is 2.01. The third kappa shape index (κ3) is 4.35. The minimum absolute atomic E-state index is 0.0138. The number of amides is 2. The summed E-state index contributed by atoms with van der Waals surface area (Å²) in [6.07, 6.45) is 3.65. The molecule has 1 aromatic heterocycles. The molecule has 3 rings (SSSR count). The highest BCUT2D eigenvalue weighted by Crippen LogP contribution is 2.21. The van der Waals surface area contributed by atoms with Crippen LogP contribution >= 0.6 is 0 Å². The molecule has 0 saturated carbocycles. The molecule has 1 aromatic carbocycles. The number of hydrogen-bond acceptors (Lipinski definition) is 4. The monoisotopic (exact) mass is 339 g/mol. The molecular weight excluding hydrogens is 318 g/mol. The van der Waals surface area contributed by atoms with Gasteiger partial charge in [-0.05, 0) is 35.4 Å². The Hall–Kier alpha value is -2.89. The fourth-order valence-corrected chi connectivity index (χ4v) is 2.89. The number of aromatic nitrogens is 1. The number of rotatable bonds is 6. The van der Waals surface area contributed by atoms with Crippen LogP contribution in [0.15, 0.2) is 48.8 Å². The molecule has 6 heteroatoms. The van der Waals surface area contributed by atoms with Crippen LogP contribution in [-0.2, 0) is 22.7 Å². The van der Waals surface area contributed by atoms with Gasteiger partial charge in [0, 0.05) is 38.4 Å². The van der Waals surface area contributed by atoms with Crippen molar-refractivity contribution >= 4 is 11.8 Å². The van der Waals surface area contributed by atoms with E-state index in [1.54, 1.807) is 24.4 Å². The molecule has 0 aliphatic carbocycles. The van der Waals surface area contributed by atoms with E-state index in [9.17, 15) is 9.59 Å². The van der Waals surface area contributed by atoms with Crippen molar-refractivity contribution in [3.8, 4) is 5.75 Å². The second-order valence-corrected chi connectivity index (χ2v) is 6.10. The maximum Gasteiger partial charge on any atom is 0.225 e. The van der Waals surface area contributed by atoms with E-state index in [4.69, 9.17) is 4.74 Å². The van der Waals surface area contributed by atoms with Crippen molar-refractivity contribution in [3.63, 3.8) is 0 Å². The fraction of sp³-hybridized carbons (Fsp3) is 0.316. The van der Waals surface area contributed by atoms with Crippen molar-refractivity contribution in [1.82, 2.24) is 15.2 Å². The Morgan fingerprint density at radius 1 is 1.20 bits per heavy atom. The normalized spacial score (nSPS) is 16.8.